The van der Waals surface area contributed by atoms with E-state index in [0.717, 1.165) is 24.5 Å². The van der Waals surface area contributed by atoms with Crippen LogP contribution in [0, 0.1) is 5.92 Å². The number of nitrogens with zero attached hydrogens (tertiary/aromatic N) is 3. The number of imidazole rings is 1. The number of rotatable bonds is 4. The fraction of sp³-hybridized carbons (Fsp3) is 0.333. The Kier molecular flexibility index (Phi) is 3.78. The quantitative estimate of drug-likeness (QED) is 0.876. The maximum Gasteiger partial charge on any atom is 0.227 e. The molecule has 0 aliphatic carbocycles. The minimum Gasteiger partial charge on any atom is -0.333 e. The maximum atomic E-state index is 12.0. The standard InChI is InChI=1S/C15H17N3OS/c19-15-7-13(10-20)9-18(15)14-3-1-12(2-4-14)8-17-6-5-16-11-17/h1-6,11,13,20H,7-10H2. The first-order valence-corrected chi connectivity index (χ1v) is 7.35. The lowest BCUT2D eigenvalue weighted by Crippen LogP contribution is -2.24. The Labute approximate surface area is 123 Å². The van der Waals surface area contributed by atoms with Gasteiger partial charge in [0.25, 0.3) is 0 Å². The van der Waals surface area contributed by atoms with Crippen LogP contribution in [-0.4, -0.2) is 27.8 Å². The van der Waals surface area contributed by atoms with Gasteiger partial charge in [0, 0.05) is 37.6 Å². The first kappa shape index (κ1) is 13.2. The second kappa shape index (κ2) is 5.71. The van der Waals surface area contributed by atoms with Crippen LogP contribution in [0.3, 0.4) is 0 Å². The van der Waals surface area contributed by atoms with Gasteiger partial charge in [-0.25, -0.2) is 4.98 Å². The van der Waals surface area contributed by atoms with E-state index in [1.807, 2.05) is 27.8 Å². The number of thiol groups is 1. The minimum atomic E-state index is 0.200. The van der Waals surface area contributed by atoms with Crippen molar-refractivity contribution < 1.29 is 4.79 Å². The van der Waals surface area contributed by atoms with Gasteiger partial charge in [-0.15, -0.1) is 0 Å². The summed E-state index contributed by atoms with van der Waals surface area (Å²) in [6.07, 6.45) is 6.12. The molecule has 1 fully saturated rings. The highest BCUT2D eigenvalue weighted by Crippen LogP contribution is 2.26. The van der Waals surface area contributed by atoms with Crippen LogP contribution in [0.1, 0.15) is 12.0 Å². The van der Waals surface area contributed by atoms with Crippen LogP contribution in [0.25, 0.3) is 0 Å². The van der Waals surface area contributed by atoms with Crippen LogP contribution >= 0.6 is 12.6 Å². The van der Waals surface area contributed by atoms with Gasteiger partial charge in [-0.1, -0.05) is 12.1 Å². The summed E-state index contributed by atoms with van der Waals surface area (Å²) < 4.78 is 2.02. The molecule has 0 spiro atoms. The molecule has 1 atom stereocenters. The zero-order chi connectivity index (χ0) is 13.9. The second-order valence-corrected chi connectivity index (χ2v) is 5.52. The van der Waals surface area contributed by atoms with Gasteiger partial charge < -0.3 is 9.47 Å². The second-order valence-electron chi connectivity index (χ2n) is 5.16. The Balaban J connectivity index is 1.71. The Morgan fingerprint density at radius 3 is 2.70 bits per heavy atom. The number of benzene rings is 1. The monoisotopic (exact) mass is 287 g/mol. The van der Waals surface area contributed by atoms with E-state index in [-0.39, 0.29) is 5.91 Å². The van der Waals surface area contributed by atoms with Gasteiger partial charge in [0.2, 0.25) is 5.91 Å². The van der Waals surface area contributed by atoms with E-state index in [9.17, 15) is 4.79 Å². The third kappa shape index (κ3) is 2.72. The summed E-state index contributed by atoms with van der Waals surface area (Å²) in [7, 11) is 0. The normalized spacial score (nSPS) is 18.8. The molecule has 20 heavy (non-hydrogen) atoms. The summed E-state index contributed by atoms with van der Waals surface area (Å²) in [6.45, 7) is 1.58. The number of carbonyl (C=O) groups excluding carboxylic acids is 1. The number of hydrogen-bond donors (Lipinski definition) is 1. The summed E-state index contributed by atoms with van der Waals surface area (Å²) in [4.78, 5) is 17.9. The van der Waals surface area contributed by atoms with E-state index in [0.29, 0.717) is 12.3 Å². The summed E-state index contributed by atoms with van der Waals surface area (Å²) in [6, 6.07) is 8.17. The van der Waals surface area contributed by atoms with E-state index in [1.54, 1.807) is 12.5 Å². The minimum absolute atomic E-state index is 0.200. The highest BCUT2D eigenvalue weighted by atomic mass is 32.1. The molecule has 104 valence electrons. The summed E-state index contributed by atoms with van der Waals surface area (Å²) >= 11 is 4.29. The predicted octanol–water partition coefficient (Wildman–Crippen LogP) is 2.21. The van der Waals surface area contributed by atoms with Crippen LogP contribution < -0.4 is 4.90 Å². The van der Waals surface area contributed by atoms with Crippen molar-refractivity contribution in [3.8, 4) is 0 Å². The van der Waals surface area contributed by atoms with Crippen molar-refractivity contribution in [3.05, 3.63) is 48.5 Å². The van der Waals surface area contributed by atoms with Gasteiger partial charge in [0.1, 0.15) is 0 Å². The SMILES string of the molecule is O=C1CC(CS)CN1c1ccc(Cn2ccnc2)cc1. The molecule has 3 rings (SSSR count). The van der Waals surface area contributed by atoms with Gasteiger partial charge in [0.05, 0.1) is 6.33 Å². The topological polar surface area (TPSA) is 38.1 Å². The van der Waals surface area contributed by atoms with Gasteiger partial charge in [-0.3, -0.25) is 4.79 Å². The van der Waals surface area contributed by atoms with E-state index in [2.05, 4.69) is 29.7 Å². The molecule has 1 saturated heterocycles. The molecular formula is C15H17N3OS. The smallest absolute Gasteiger partial charge is 0.227 e. The van der Waals surface area contributed by atoms with Crippen LogP contribution in [-0.2, 0) is 11.3 Å². The molecule has 1 unspecified atom stereocenters. The molecule has 0 bridgehead atoms. The molecule has 0 N–H and O–H groups in total. The average Bonchev–Trinajstić information content (AvgIpc) is 3.09. The molecule has 1 aliphatic rings. The van der Waals surface area contributed by atoms with Crippen LogP contribution in [0.15, 0.2) is 43.0 Å². The van der Waals surface area contributed by atoms with Crippen molar-refractivity contribution in [1.82, 2.24) is 9.55 Å². The average molecular weight is 287 g/mol. The number of carbonyl (C=O) groups is 1. The van der Waals surface area contributed by atoms with E-state index >= 15 is 0 Å². The van der Waals surface area contributed by atoms with Gasteiger partial charge >= 0.3 is 0 Å². The van der Waals surface area contributed by atoms with Crippen molar-refractivity contribution >= 4 is 24.2 Å². The summed E-state index contributed by atoms with van der Waals surface area (Å²) in [5.74, 6) is 1.34. The highest BCUT2D eigenvalue weighted by Gasteiger charge is 2.29. The molecular weight excluding hydrogens is 270 g/mol. The first-order chi connectivity index (χ1) is 9.76. The number of anilines is 1. The number of hydrogen-bond acceptors (Lipinski definition) is 3. The number of amides is 1. The summed E-state index contributed by atoms with van der Waals surface area (Å²) in [5.41, 5.74) is 2.18. The fourth-order valence-electron chi connectivity index (χ4n) is 2.53. The lowest BCUT2D eigenvalue weighted by Gasteiger charge is -2.17. The third-order valence-electron chi connectivity index (χ3n) is 3.64. The summed E-state index contributed by atoms with van der Waals surface area (Å²) in [5, 5.41) is 0. The molecule has 0 saturated carbocycles. The molecule has 2 aromatic rings. The van der Waals surface area contributed by atoms with Crippen molar-refractivity contribution in [1.29, 1.82) is 0 Å². The molecule has 5 heteroatoms. The van der Waals surface area contributed by atoms with Crippen molar-refractivity contribution in [3.63, 3.8) is 0 Å². The van der Waals surface area contributed by atoms with E-state index in [4.69, 9.17) is 0 Å². The molecule has 1 aliphatic heterocycles. The van der Waals surface area contributed by atoms with Crippen LogP contribution in [0.5, 0.6) is 0 Å². The number of aromatic nitrogens is 2. The van der Waals surface area contributed by atoms with E-state index < -0.39 is 0 Å². The predicted molar refractivity (Wildman–Crippen MR) is 82.1 cm³/mol. The molecule has 1 aromatic heterocycles. The Morgan fingerprint density at radius 2 is 2.10 bits per heavy atom. The van der Waals surface area contributed by atoms with Gasteiger partial charge in [0.15, 0.2) is 0 Å². The van der Waals surface area contributed by atoms with Gasteiger partial charge in [-0.2, -0.15) is 12.6 Å². The largest absolute Gasteiger partial charge is 0.333 e. The maximum absolute atomic E-state index is 12.0. The fourth-order valence-corrected chi connectivity index (χ4v) is 2.77. The molecule has 1 aromatic carbocycles. The third-order valence-corrected chi connectivity index (χ3v) is 4.15. The van der Waals surface area contributed by atoms with Crippen molar-refractivity contribution in [2.24, 2.45) is 5.92 Å². The molecule has 1 amide bonds. The zero-order valence-electron chi connectivity index (χ0n) is 11.1. The molecule has 4 nitrogen and oxygen atoms in total. The molecule has 2 heterocycles. The lowest BCUT2D eigenvalue weighted by atomic mass is 10.1. The van der Waals surface area contributed by atoms with Crippen molar-refractivity contribution in [2.75, 3.05) is 17.2 Å². The van der Waals surface area contributed by atoms with E-state index in [1.165, 1.54) is 5.56 Å². The highest BCUT2D eigenvalue weighted by molar-refractivity contribution is 7.80. The Bertz CT molecular complexity index is 580. The lowest BCUT2D eigenvalue weighted by molar-refractivity contribution is -0.117. The Hall–Kier alpha value is -1.75. The Morgan fingerprint density at radius 1 is 1.30 bits per heavy atom. The molecule has 0 radical (unpaired) electrons. The first-order valence-electron chi connectivity index (χ1n) is 6.72. The zero-order valence-corrected chi connectivity index (χ0v) is 12.0. The van der Waals surface area contributed by atoms with Crippen LogP contribution in [0.2, 0.25) is 0 Å². The van der Waals surface area contributed by atoms with Crippen LogP contribution in [0.4, 0.5) is 5.69 Å². The van der Waals surface area contributed by atoms with Crippen molar-refractivity contribution in [2.45, 2.75) is 13.0 Å². The van der Waals surface area contributed by atoms with Gasteiger partial charge in [-0.05, 0) is 29.4 Å².